The van der Waals surface area contributed by atoms with Gasteiger partial charge < -0.3 is 15.4 Å². The van der Waals surface area contributed by atoms with E-state index in [9.17, 15) is 9.18 Å². The van der Waals surface area contributed by atoms with Crippen LogP contribution in [0.2, 0.25) is 0 Å². The zero-order valence-electron chi connectivity index (χ0n) is 12.8. The number of nitrogens with one attached hydrogen (secondary N) is 2. The van der Waals surface area contributed by atoms with Crippen LogP contribution >= 0.6 is 11.3 Å². The summed E-state index contributed by atoms with van der Waals surface area (Å²) in [4.78, 5) is 17.3. The molecular weight excluding hydrogens is 317 g/mol. The van der Waals surface area contributed by atoms with Crippen LogP contribution in [0, 0.1) is 12.7 Å². The standard InChI is InChI=1S/C16H18FN3O2S/c1-10-15(23-9-19-10)4-5-18-16(21)20-13-7-11-6-12(17)2-3-14(11)22-8-13/h2-3,6,9,13H,4-5,7-8H2,1H3,(H2,18,20,21). The molecule has 1 aliphatic rings. The van der Waals surface area contributed by atoms with Crippen molar-refractivity contribution < 1.29 is 13.9 Å². The van der Waals surface area contributed by atoms with Crippen LogP contribution in [-0.4, -0.2) is 30.2 Å². The van der Waals surface area contributed by atoms with Crippen LogP contribution in [0.5, 0.6) is 5.75 Å². The van der Waals surface area contributed by atoms with Gasteiger partial charge in [-0.3, -0.25) is 0 Å². The lowest BCUT2D eigenvalue weighted by Crippen LogP contribution is -2.47. The lowest BCUT2D eigenvalue weighted by Gasteiger charge is -2.26. The van der Waals surface area contributed by atoms with E-state index < -0.39 is 0 Å². The number of rotatable bonds is 4. The van der Waals surface area contributed by atoms with Crippen molar-refractivity contribution >= 4 is 17.4 Å². The maximum atomic E-state index is 13.3. The minimum Gasteiger partial charge on any atom is -0.491 e. The van der Waals surface area contributed by atoms with Crippen LogP contribution in [0.1, 0.15) is 16.1 Å². The van der Waals surface area contributed by atoms with E-state index in [0.29, 0.717) is 25.3 Å². The summed E-state index contributed by atoms with van der Waals surface area (Å²) in [5.41, 5.74) is 3.60. The van der Waals surface area contributed by atoms with Gasteiger partial charge in [-0.15, -0.1) is 11.3 Å². The first-order chi connectivity index (χ1) is 11.1. The Balaban J connectivity index is 1.46. The number of amides is 2. The molecule has 1 aliphatic heterocycles. The first kappa shape index (κ1) is 15.7. The van der Waals surface area contributed by atoms with Crippen molar-refractivity contribution in [2.24, 2.45) is 0 Å². The van der Waals surface area contributed by atoms with Crippen LogP contribution in [0.4, 0.5) is 9.18 Å². The van der Waals surface area contributed by atoms with E-state index in [1.165, 1.54) is 17.0 Å². The number of fused-ring (bicyclic) bond motifs is 1. The molecule has 3 rings (SSSR count). The highest BCUT2D eigenvalue weighted by Crippen LogP contribution is 2.25. The van der Waals surface area contributed by atoms with Gasteiger partial charge in [0.2, 0.25) is 0 Å². The van der Waals surface area contributed by atoms with Crippen molar-refractivity contribution in [1.29, 1.82) is 0 Å². The summed E-state index contributed by atoms with van der Waals surface area (Å²) in [7, 11) is 0. The Morgan fingerprint density at radius 2 is 2.39 bits per heavy atom. The molecule has 23 heavy (non-hydrogen) atoms. The van der Waals surface area contributed by atoms with Gasteiger partial charge in [-0.25, -0.2) is 14.2 Å². The molecule has 0 radical (unpaired) electrons. The van der Waals surface area contributed by atoms with Crippen molar-refractivity contribution in [2.45, 2.75) is 25.8 Å². The number of hydrogen-bond donors (Lipinski definition) is 2. The zero-order valence-corrected chi connectivity index (χ0v) is 13.6. The summed E-state index contributed by atoms with van der Waals surface area (Å²) in [6.07, 6.45) is 1.33. The van der Waals surface area contributed by atoms with Gasteiger partial charge in [0, 0.05) is 17.8 Å². The van der Waals surface area contributed by atoms with Crippen molar-refractivity contribution in [3.05, 3.63) is 45.7 Å². The molecule has 2 aromatic rings. The van der Waals surface area contributed by atoms with Gasteiger partial charge >= 0.3 is 6.03 Å². The molecule has 2 N–H and O–H groups in total. The van der Waals surface area contributed by atoms with E-state index in [0.717, 1.165) is 17.7 Å². The van der Waals surface area contributed by atoms with E-state index in [-0.39, 0.29) is 17.9 Å². The fourth-order valence-electron chi connectivity index (χ4n) is 2.55. The summed E-state index contributed by atoms with van der Waals surface area (Å²) in [6, 6.07) is 4.06. The molecule has 5 nitrogen and oxygen atoms in total. The smallest absolute Gasteiger partial charge is 0.315 e. The number of ether oxygens (including phenoxy) is 1. The number of aromatic nitrogens is 1. The quantitative estimate of drug-likeness (QED) is 0.902. The third-order valence-corrected chi connectivity index (χ3v) is 4.74. The number of benzene rings is 1. The van der Waals surface area contributed by atoms with Crippen LogP contribution in [0.15, 0.2) is 23.7 Å². The second-order valence-corrected chi connectivity index (χ2v) is 6.41. The summed E-state index contributed by atoms with van der Waals surface area (Å²) in [6.45, 7) is 2.90. The van der Waals surface area contributed by atoms with E-state index in [1.807, 2.05) is 6.92 Å². The van der Waals surface area contributed by atoms with Gasteiger partial charge in [-0.1, -0.05) is 0 Å². The number of urea groups is 1. The number of carbonyl (C=O) groups excluding carboxylic acids is 1. The normalized spacial score (nSPS) is 16.3. The number of hydrogen-bond acceptors (Lipinski definition) is 4. The Labute approximate surface area is 137 Å². The maximum Gasteiger partial charge on any atom is 0.315 e. The SMILES string of the molecule is Cc1ncsc1CCNC(=O)NC1COc2ccc(F)cc2C1. The Hall–Kier alpha value is -2.15. The summed E-state index contributed by atoms with van der Waals surface area (Å²) < 4.78 is 18.8. The van der Waals surface area contributed by atoms with Crippen LogP contribution in [-0.2, 0) is 12.8 Å². The topological polar surface area (TPSA) is 63.2 Å². The number of halogens is 1. The Bertz CT molecular complexity index is 704. The molecule has 122 valence electrons. The minimum atomic E-state index is -0.294. The Morgan fingerprint density at radius 1 is 1.52 bits per heavy atom. The molecule has 1 aromatic carbocycles. The molecule has 1 aromatic heterocycles. The number of aryl methyl sites for hydroxylation is 1. The van der Waals surface area contributed by atoms with Gasteiger partial charge in [0.05, 0.1) is 17.2 Å². The van der Waals surface area contributed by atoms with Gasteiger partial charge in [0.25, 0.3) is 0 Å². The van der Waals surface area contributed by atoms with Crippen molar-refractivity contribution in [2.75, 3.05) is 13.2 Å². The largest absolute Gasteiger partial charge is 0.491 e. The monoisotopic (exact) mass is 335 g/mol. The molecule has 7 heteroatoms. The van der Waals surface area contributed by atoms with E-state index in [4.69, 9.17) is 4.74 Å². The van der Waals surface area contributed by atoms with Crippen LogP contribution in [0.25, 0.3) is 0 Å². The molecular formula is C16H18FN3O2S. The van der Waals surface area contributed by atoms with Gasteiger partial charge in [0.1, 0.15) is 18.2 Å². The third-order valence-electron chi connectivity index (χ3n) is 3.75. The van der Waals surface area contributed by atoms with Crippen molar-refractivity contribution in [3.8, 4) is 5.75 Å². The first-order valence-electron chi connectivity index (χ1n) is 7.46. The molecule has 1 unspecified atom stereocenters. The van der Waals surface area contributed by atoms with Crippen LogP contribution < -0.4 is 15.4 Å². The van der Waals surface area contributed by atoms with Gasteiger partial charge in [0.15, 0.2) is 0 Å². The van der Waals surface area contributed by atoms with Crippen molar-refractivity contribution in [3.63, 3.8) is 0 Å². The van der Waals surface area contributed by atoms with E-state index in [2.05, 4.69) is 15.6 Å². The first-order valence-corrected chi connectivity index (χ1v) is 8.34. The summed E-state index contributed by atoms with van der Waals surface area (Å²) in [5, 5.41) is 5.69. The molecule has 0 spiro atoms. The fourth-order valence-corrected chi connectivity index (χ4v) is 3.33. The van der Waals surface area contributed by atoms with Gasteiger partial charge in [-0.2, -0.15) is 0 Å². The highest BCUT2D eigenvalue weighted by atomic mass is 32.1. The van der Waals surface area contributed by atoms with Crippen LogP contribution in [0.3, 0.4) is 0 Å². The minimum absolute atomic E-state index is 0.158. The average Bonchev–Trinajstić information content (AvgIpc) is 2.92. The molecule has 1 atom stereocenters. The van der Waals surface area contributed by atoms with E-state index in [1.54, 1.807) is 22.9 Å². The molecule has 0 fully saturated rings. The van der Waals surface area contributed by atoms with Gasteiger partial charge in [-0.05, 0) is 37.1 Å². The molecule has 2 heterocycles. The second-order valence-electron chi connectivity index (χ2n) is 5.48. The molecule has 0 saturated carbocycles. The molecule has 0 aliphatic carbocycles. The zero-order chi connectivity index (χ0) is 16.2. The molecule has 0 bridgehead atoms. The lowest BCUT2D eigenvalue weighted by atomic mass is 10.0. The number of nitrogens with zero attached hydrogens (tertiary/aromatic N) is 1. The highest BCUT2D eigenvalue weighted by Gasteiger charge is 2.21. The number of carbonyl (C=O) groups is 1. The highest BCUT2D eigenvalue weighted by molar-refractivity contribution is 7.09. The Morgan fingerprint density at radius 3 is 3.17 bits per heavy atom. The van der Waals surface area contributed by atoms with E-state index >= 15 is 0 Å². The Kier molecular flexibility index (Phi) is 4.76. The second kappa shape index (κ2) is 6.95. The fraction of sp³-hybridized carbons (Fsp3) is 0.375. The summed E-state index contributed by atoms with van der Waals surface area (Å²) >= 11 is 1.59. The molecule has 2 amide bonds. The number of thiazole rings is 1. The van der Waals surface area contributed by atoms with Crippen molar-refractivity contribution in [1.82, 2.24) is 15.6 Å². The third kappa shape index (κ3) is 3.98. The lowest BCUT2D eigenvalue weighted by molar-refractivity contribution is 0.214. The average molecular weight is 335 g/mol. The summed E-state index contributed by atoms with van der Waals surface area (Å²) in [5.74, 6) is 0.392. The predicted molar refractivity (Wildman–Crippen MR) is 86.5 cm³/mol. The predicted octanol–water partition coefficient (Wildman–Crippen LogP) is 2.44. The maximum absolute atomic E-state index is 13.3. The molecule has 0 saturated heterocycles.